The number of benzodiazepines with no additional fused rings is 1. The number of anilines is 1. The summed E-state index contributed by atoms with van der Waals surface area (Å²) in [6, 6.07) is 13.1. The summed E-state index contributed by atoms with van der Waals surface area (Å²) in [5.74, 6) is -0.316. The second kappa shape index (κ2) is 5.31. The highest BCUT2D eigenvalue weighted by molar-refractivity contribution is 6.30. The van der Waals surface area contributed by atoms with Gasteiger partial charge in [0.2, 0.25) is 0 Å². The maximum Gasteiger partial charge on any atom is 0.263 e. The predicted octanol–water partition coefficient (Wildman–Crippen LogP) is 2.72. The third kappa shape index (κ3) is 2.68. The van der Waals surface area contributed by atoms with Crippen molar-refractivity contribution in [1.82, 2.24) is 0 Å². The molecular weight excluding hydrogens is 286 g/mol. The van der Waals surface area contributed by atoms with Crippen molar-refractivity contribution in [3.05, 3.63) is 64.2 Å². The Kier molecular flexibility index (Phi) is 3.49. The molecule has 1 atom stereocenters. The molecule has 106 valence electrons. The van der Waals surface area contributed by atoms with Crippen LogP contribution >= 0.6 is 11.6 Å². The van der Waals surface area contributed by atoms with E-state index in [-0.39, 0.29) is 5.91 Å². The maximum absolute atomic E-state index is 11.9. The minimum Gasteiger partial charge on any atom is -0.322 e. The summed E-state index contributed by atoms with van der Waals surface area (Å²) in [6.07, 6.45) is -0.927. The van der Waals surface area contributed by atoms with Crippen LogP contribution in [0.25, 0.3) is 0 Å². The van der Waals surface area contributed by atoms with Crippen LogP contribution < -0.4 is 11.1 Å². The molecule has 1 amide bonds. The average Bonchev–Trinajstić information content (AvgIpc) is 2.58. The van der Waals surface area contributed by atoms with Gasteiger partial charge in [-0.3, -0.25) is 9.79 Å². The van der Waals surface area contributed by atoms with Gasteiger partial charge in [-0.2, -0.15) is 0 Å². The second-order valence-electron chi connectivity index (χ2n) is 4.97. The molecule has 0 aliphatic carbocycles. The number of rotatable bonds is 1. The molecule has 0 saturated carbocycles. The van der Waals surface area contributed by atoms with Crippen LogP contribution in [0.15, 0.2) is 47.5 Å². The molecule has 0 aromatic heterocycles. The minimum absolute atomic E-state index is 0.316. The Morgan fingerprint density at radius 1 is 1.19 bits per heavy atom. The number of carbonyl (C=O) groups excluding carboxylic acids is 1. The summed E-state index contributed by atoms with van der Waals surface area (Å²) in [5.41, 5.74) is 10.1. The van der Waals surface area contributed by atoms with E-state index >= 15 is 0 Å². The first kappa shape index (κ1) is 13.8. The van der Waals surface area contributed by atoms with Crippen LogP contribution in [0.1, 0.15) is 16.7 Å². The fourth-order valence-corrected chi connectivity index (χ4v) is 2.40. The van der Waals surface area contributed by atoms with E-state index < -0.39 is 6.17 Å². The van der Waals surface area contributed by atoms with Gasteiger partial charge in [-0.05, 0) is 31.2 Å². The van der Waals surface area contributed by atoms with Gasteiger partial charge >= 0.3 is 0 Å². The van der Waals surface area contributed by atoms with Crippen molar-refractivity contribution in [1.29, 1.82) is 0 Å². The van der Waals surface area contributed by atoms with Gasteiger partial charge in [0.25, 0.3) is 5.91 Å². The number of amides is 1. The van der Waals surface area contributed by atoms with Crippen LogP contribution in [0.5, 0.6) is 0 Å². The Morgan fingerprint density at radius 3 is 2.62 bits per heavy atom. The molecule has 3 N–H and O–H groups in total. The number of aryl methyl sites for hydroxylation is 1. The molecule has 21 heavy (non-hydrogen) atoms. The molecule has 2 aromatic rings. The van der Waals surface area contributed by atoms with Crippen molar-refractivity contribution in [2.75, 3.05) is 5.32 Å². The van der Waals surface area contributed by atoms with Crippen LogP contribution in [0, 0.1) is 6.92 Å². The lowest BCUT2D eigenvalue weighted by atomic mass is 9.99. The van der Waals surface area contributed by atoms with Gasteiger partial charge in [0.15, 0.2) is 6.17 Å². The summed E-state index contributed by atoms with van der Waals surface area (Å²) in [7, 11) is 0. The molecule has 5 heteroatoms. The predicted molar refractivity (Wildman–Crippen MR) is 84.9 cm³/mol. The second-order valence-corrected chi connectivity index (χ2v) is 5.40. The van der Waals surface area contributed by atoms with Crippen molar-refractivity contribution >= 4 is 28.9 Å². The molecule has 1 aliphatic rings. The Balaban J connectivity index is 2.21. The lowest BCUT2D eigenvalue weighted by Gasteiger charge is -2.11. The Morgan fingerprint density at radius 2 is 1.90 bits per heavy atom. The molecule has 0 bridgehead atoms. The molecule has 2 aromatic carbocycles. The minimum atomic E-state index is -0.927. The molecule has 0 spiro atoms. The van der Waals surface area contributed by atoms with E-state index in [2.05, 4.69) is 10.3 Å². The van der Waals surface area contributed by atoms with Crippen LogP contribution in [-0.2, 0) is 4.79 Å². The largest absolute Gasteiger partial charge is 0.322 e. The first-order chi connectivity index (χ1) is 10.0. The standard InChI is InChI=1S/C16H14ClN3O/c1-9-2-7-13-12(8-9)14(20-15(18)16(21)19-13)10-3-5-11(17)6-4-10/h2-8,15H,18H2,1H3,(H,19,21). The maximum atomic E-state index is 11.9. The SMILES string of the molecule is Cc1ccc2c(c1)C(c1ccc(Cl)cc1)=NC(N)C(=O)N2. The number of benzene rings is 2. The van der Waals surface area contributed by atoms with Crippen LogP contribution in [-0.4, -0.2) is 17.8 Å². The van der Waals surface area contributed by atoms with Crippen molar-refractivity contribution in [2.45, 2.75) is 13.1 Å². The van der Waals surface area contributed by atoms with E-state index in [4.69, 9.17) is 17.3 Å². The van der Waals surface area contributed by atoms with Crippen LogP contribution in [0.2, 0.25) is 5.02 Å². The number of halogens is 1. The van der Waals surface area contributed by atoms with E-state index in [0.29, 0.717) is 16.4 Å². The number of nitrogens with one attached hydrogen (secondary N) is 1. The summed E-state index contributed by atoms with van der Waals surface area (Å²) in [5, 5.41) is 3.45. The lowest BCUT2D eigenvalue weighted by Crippen LogP contribution is -2.33. The van der Waals surface area contributed by atoms with Gasteiger partial charge in [0.05, 0.1) is 11.4 Å². The van der Waals surface area contributed by atoms with Crippen molar-refractivity contribution in [3.8, 4) is 0 Å². The first-order valence-electron chi connectivity index (χ1n) is 6.56. The zero-order valence-corrected chi connectivity index (χ0v) is 12.2. The van der Waals surface area contributed by atoms with E-state index in [1.165, 1.54) is 0 Å². The summed E-state index contributed by atoms with van der Waals surface area (Å²) < 4.78 is 0. The number of hydrogen-bond acceptors (Lipinski definition) is 3. The van der Waals surface area contributed by atoms with Gasteiger partial charge in [0, 0.05) is 16.1 Å². The lowest BCUT2D eigenvalue weighted by molar-refractivity contribution is -0.117. The molecule has 1 heterocycles. The summed E-state index contributed by atoms with van der Waals surface area (Å²) >= 11 is 5.93. The third-order valence-corrected chi connectivity index (χ3v) is 3.59. The zero-order chi connectivity index (χ0) is 15.0. The normalized spacial score (nSPS) is 17.6. The van der Waals surface area contributed by atoms with Gasteiger partial charge in [-0.25, -0.2) is 0 Å². The Bertz CT molecular complexity index is 738. The summed E-state index contributed by atoms with van der Waals surface area (Å²) in [4.78, 5) is 16.3. The van der Waals surface area contributed by atoms with Crippen molar-refractivity contribution in [3.63, 3.8) is 0 Å². The van der Waals surface area contributed by atoms with Crippen LogP contribution in [0.4, 0.5) is 5.69 Å². The number of nitrogens with two attached hydrogens (primary N) is 1. The number of hydrogen-bond donors (Lipinski definition) is 2. The molecule has 0 radical (unpaired) electrons. The number of fused-ring (bicyclic) bond motifs is 1. The van der Waals surface area contributed by atoms with E-state index in [0.717, 1.165) is 16.7 Å². The molecule has 3 rings (SSSR count). The molecule has 0 fully saturated rings. The molecule has 1 aliphatic heterocycles. The highest BCUT2D eigenvalue weighted by Gasteiger charge is 2.23. The van der Waals surface area contributed by atoms with Crippen LogP contribution in [0.3, 0.4) is 0 Å². The smallest absolute Gasteiger partial charge is 0.263 e. The fourth-order valence-electron chi connectivity index (χ4n) is 2.27. The van der Waals surface area contributed by atoms with Gasteiger partial charge in [-0.15, -0.1) is 0 Å². The highest BCUT2D eigenvalue weighted by atomic mass is 35.5. The Labute approximate surface area is 127 Å². The van der Waals surface area contributed by atoms with E-state index in [1.54, 1.807) is 12.1 Å². The van der Waals surface area contributed by atoms with E-state index in [9.17, 15) is 4.79 Å². The van der Waals surface area contributed by atoms with Gasteiger partial charge in [-0.1, -0.05) is 35.4 Å². The topological polar surface area (TPSA) is 67.5 Å². The molecular formula is C16H14ClN3O. The summed E-state index contributed by atoms with van der Waals surface area (Å²) in [6.45, 7) is 1.99. The monoisotopic (exact) mass is 299 g/mol. The number of nitrogens with zero attached hydrogens (tertiary/aromatic N) is 1. The first-order valence-corrected chi connectivity index (χ1v) is 6.93. The van der Waals surface area contributed by atoms with Crippen molar-refractivity contribution in [2.24, 2.45) is 10.7 Å². The highest BCUT2D eigenvalue weighted by Crippen LogP contribution is 2.25. The molecule has 0 saturated heterocycles. The number of aliphatic imine (C=N–C) groups is 1. The van der Waals surface area contributed by atoms with Crippen molar-refractivity contribution < 1.29 is 4.79 Å². The fraction of sp³-hybridized carbons (Fsp3) is 0.125. The van der Waals surface area contributed by atoms with E-state index in [1.807, 2.05) is 37.3 Å². The molecule has 1 unspecified atom stereocenters. The zero-order valence-electron chi connectivity index (χ0n) is 11.4. The molecule has 4 nitrogen and oxygen atoms in total. The third-order valence-electron chi connectivity index (χ3n) is 3.34. The average molecular weight is 300 g/mol. The quantitative estimate of drug-likeness (QED) is 0.850. The number of carbonyl (C=O) groups is 1. The Hall–Kier alpha value is -2.17. The van der Waals surface area contributed by atoms with Gasteiger partial charge in [0.1, 0.15) is 0 Å². The van der Waals surface area contributed by atoms with Gasteiger partial charge < -0.3 is 11.1 Å².